The van der Waals surface area contributed by atoms with Crippen LogP contribution in [-0.4, -0.2) is 47.9 Å². The quantitative estimate of drug-likeness (QED) is 0.407. The van der Waals surface area contributed by atoms with E-state index in [9.17, 15) is 4.79 Å². The molecule has 184 valence electrons. The van der Waals surface area contributed by atoms with Gasteiger partial charge in [0.05, 0.1) is 10.7 Å². The van der Waals surface area contributed by atoms with Crippen molar-refractivity contribution in [2.75, 3.05) is 32.0 Å². The van der Waals surface area contributed by atoms with E-state index in [1.165, 1.54) is 0 Å². The van der Waals surface area contributed by atoms with E-state index in [1.807, 2.05) is 39.0 Å². The Morgan fingerprint density at radius 3 is 2.56 bits per heavy atom. The normalized spacial score (nSPS) is 17.4. The minimum Gasteiger partial charge on any atom is -0.485 e. The summed E-state index contributed by atoms with van der Waals surface area (Å²) in [6.45, 7) is 8.37. The number of rotatable bonds is 5. The number of benzene rings is 1. The van der Waals surface area contributed by atoms with Gasteiger partial charge in [-0.15, -0.1) is 0 Å². The van der Waals surface area contributed by atoms with Crippen LogP contribution in [0, 0.1) is 0 Å². The number of hydrogen-bond acceptors (Lipinski definition) is 6. The molecule has 2 aliphatic rings. The third-order valence-corrected chi connectivity index (χ3v) is 6.77. The van der Waals surface area contributed by atoms with Gasteiger partial charge in [0.2, 0.25) is 0 Å². The molecule has 2 aromatic rings. The average Bonchev–Trinajstić information content (AvgIpc) is 2.72. The highest BCUT2D eigenvalue weighted by molar-refractivity contribution is 6.32. The lowest BCUT2D eigenvalue weighted by Gasteiger charge is -2.40. The summed E-state index contributed by atoms with van der Waals surface area (Å²) in [7, 11) is 0. The van der Waals surface area contributed by atoms with E-state index in [1.54, 1.807) is 11.1 Å². The van der Waals surface area contributed by atoms with Crippen LogP contribution in [0.2, 0.25) is 10.2 Å². The van der Waals surface area contributed by atoms with Crippen LogP contribution in [0.25, 0.3) is 0 Å². The molecule has 0 unspecified atom stereocenters. The van der Waals surface area contributed by atoms with Crippen LogP contribution in [0.15, 0.2) is 24.4 Å². The summed E-state index contributed by atoms with van der Waals surface area (Å²) in [5.74, 6) is 0.926. The third kappa shape index (κ3) is 5.70. The zero-order valence-corrected chi connectivity index (χ0v) is 21.3. The second-order valence-corrected chi connectivity index (χ2v) is 10.6. The first-order valence-electron chi connectivity index (χ1n) is 11.5. The summed E-state index contributed by atoms with van der Waals surface area (Å²) in [5.41, 5.74) is 9.20. The van der Waals surface area contributed by atoms with Crippen molar-refractivity contribution in [3.63, 3.8) is 0 Å². The summed E-state index contributed by atoms with van der Waals surface area (Å²) in [6, 6.07) is 5.72. The van der Waals surface area contributed by atoms with Crippen LogP contribution in [0.5, 0.6) is 5.75 Å². The highest BCUT2D eigenvalue weighted by atomic mass is 35.5. The lowest BCUT2D eigenvalue weighted by molar-refractivity contribution is 0.00819. The van der Waals surface area contributed by atoms with Crippen LogP contribution >= 0.6 is 23.2 Å². The molecular formula is C25H31Cl2N3O4. The molecule has 0 radical (unpaired) electrons. The highest BCUT2D eigenvalue weighted by Crippen LogP contribution is 2.39. The van der Waals surface area contributed by atoms with E-state index in [0.717, 1.165) is 42.7 Å². The molecule has 0 aliphatic carbocycles. The molecule has 0 spiro atoms. The van der Waals surface area contributed by atoms with Gasteiger partial charge in [-0.1, -0.05) is 23.2 Å². The predicted octanol–water partition coefficient (Wildman–Crippen LogP) is 5.78. The molecule has 9 heteroatoms. The largest absolute Gasteiger partial charge is 0.485 e. The highest BCUT2D eigenvalue weighted by Gasteiger charge is 2.35. The molecule has 1 amide bonds. The molecule has 0 bridgehead atoms. The summed E-state index contributed by atoms with van der Waals surface area (Å²) < 4.78 is 17.0. The van der Waals surface area contributed by atoms with Gasteiger partial charge in [-0.2, -0.15) is 0 Å². The number of anilines is 1. The SMILES string of the molecule is CC(C)(C)OC(=O)N1CC(c2cc(N)c(OCc3c(C4CCOCC4)ccnc3Cl)c(Cl)c2)C1. The van der Waals surface area contributed by atoms with Crippen molar-refractivity contribution >= 4 is 35.0 Å². The van der Waals surface area contributed by atoms with E-state index < -0.39 is 5.60 Å². The van der Waals surface area contributed by atoms with Crippen LogP contribution in [-0.2, 0) is 16.1 Å². The molecule has 0 atom stereocenters. The molecule has 2 saturated heterocycles. The molecule has 7 nitrogen and oxygen atoms in total. The van der Waals surface area contributed by atoms with E-state index in [-0.39, 0.29) is 18.6 Å². The van der Waals surface area contributed by atoms with Crippen molar-refractivity contribution in [1.82, 2.24) is 9.88 Å². The standard InChI is InChI=1S/C25H31Cl2N3O4/c1-25(2,3)34-24(31)30-12-17(13-30)16-10-20(26)22(21(28)11-16)33-14-19-18(4-7-29-23(19)27)15-5-8-32-9-6-15/h4,7,10-11,15,17H,5-6,8-9,12-14,28H2,1-3H3. The number of carbonyl (C=O) groups excluding carboxylic acids is 1. The number of ether oxygens (including phenoxy) is 3. The van der Waals surface area contributed by atoms with Crippen molar-refractivity contribution < 1.29 is 19.0 Å². The minimum absolute atomic E-state index is 0.147. The van der Waals surface area contributed by atoms with Crippen molar-refractivity contribution in [3.05, 3.63) is 51.3 Å². The van der Waals surface area contributed by atoms with E-state index in [0.29, 0.717) is 40.6 Å². The second-order valence-electron chi connectivity index (χ2n) is 9.85. The Kier molecular flexibility index (Phi) is 7.45. The topological polar surface area (TPSA) is 86.9 Å². The summed E-state index contributed by atoms with van der Waals surface area (Å²) in [6.07, 6.45) is 3.29. The summed E-state index contributed by atoms with van der Waals surface area (Å²) in [4.78, 5) is 18.1. The van der Waals surface area contributed by atoms with Gasteiger partial charge in [-0.3, -0.25) is 0 Å². The third-order valence-electron chi connectivity index (χ3n) is 6.16. The van der Waals surface area contributed by atoms with Crippen LogP contribution in [0.1, 0.15) is 62.1 Å². The molecular weight excluding hydrogens is 477 g/mol. The monoisotopic (exact) mass is 507 g/mol. The molecule has 4 rings (SSSR count). The first-order valence-corrected chi connectivity index (χ1v) is 12.3. The fourth-order valence-corrected chi connectivity index (χ4v) is 4.86. The first-order chi connectivity index (χ1) is 16.1. The Morgan fingerprint density at radius 1 is 1.21 bits per heavy atom. The zero-order valence-electron chi connectivity index (χ0n) is 19.8. The van der Waals surface area contributed by atoms with Crippen molar-refractivity contribution in [2.24, 2.45) is 0 Å². The maximum absolute atomic E-state index is 12.2. The second kappa shape index (κ2) is 10.2. The lowest BCUT2D eigenvalue weighted by atomic mass is 9.89. The molecule has 2 aliphatic heterocycles. The van der Waals surface area contributed by atoms with E-state index in [4.69, 9.17) is 43.1 Å². The number of aromatic nitrogens is 1. The van der Waals surface area contributed by atoms with Gasteiger partial charge in [0.25, 0.3) is 0 Å². The maximum atomic E-state index is 12.2. The van der Waals surface area contributed by atoms with Gasteiger partial charge in [-0.05, 0) is 68.9 Å². The molecule has 2 N–H and O–H groups in total. The Labute approximate surface area is 210 Å². The predicted molar refractivity (Wildman–Crippen MR) is 133 cm³/mol. The van der Waals surface area contributed by atoms with Gasteiger partial charge in [0, 0.05) is 44.0 Å². The van der Waals surface area contributed by atoms with Gasteiger partial charge in [0.1, 0.15) is 17.4 Å². The van der Waals surface area contributed by atoms with Crippen LogP contribution in [0.4, 0.5) is 10.5 Å². The molecule has 1 aromatic carbocycles. The van der Waals surface area contributed by atoms with Crippen molar-refractivity contribution in [3.8, 4) is 5.75 Å². The fourth-order valence-electron chi connectivity index (χ4n) is 4.35. The number of nitrogen functional groups attached to an aromatic ring is 1. The lowest BCUT2D eigenvalue weighted by Crippen LogP contribution is -2.50. The molecule has 1 aromatic heterocycles. The maximum Gasteiger partial charge on any atom is 0.410 e. The Balaban J connectivity index is 1.43. The summed E-state index contributed by atoms with van der Waals surface area (Å²) in [5, 5.41) is 0.852. The van der Waals surface area contributed by atoms with Crippen molar-refractivity contribution in [1.29, 1.82) is 0 Å². The Hall–Kier alpha value is -2.22. The number of hydrogen-bond donors (Lipinski definition) is 1. The van der Waals surface area contributed by atoms with Gasteiger partial charge < -0.3 is 24.8 Å². The van der Waals surface area contributed by atoms with Gasteiger partial charge in [-0.25, -0.2) is 9.78 Å². The van der Waals surface area contributed by atoms with Crippen LogP contribution < -0.4 is 10.5 Å². The summed E-state index contributed by atoms with van der Waals surface area (Å²) >= 11 is 13.0. The number of carbonyl (C=O) groups is 1. The molecule has 3 heterocycles. The number of nitrogens with two attached hydrogens (primary N) is 1. The van der Waals surface area contributed by atoms with Crippen LogP contribution in [0.3, 0.4) is 0 Å². The number of halogens is 2. The van der Waals surface area contributed by atoms with Gasteiger partial charge >= 0.3 is 6.09 Å². The number of nitrogens with zero attached hydrogens (tertiary/aromatic N) is 2. The molecule has 2 fully saturated rings. The Bertz CT molecular complexity index is 1020. The Morgan fingerprint density at radius 2 is 1.91 bits per heavy atom. The molecule has 0 saturated carbocycles. The van der Waals surface area contributed by atoms with Gasteiger partial charge in [0.15, 0.2) is 5.75 Å². The zero-order chi connectivity index (χ0) is 24.5. The van der Waals surface area contributed by atoms with E-state index in [2.05, 4.69) is 4.98 Å². The van der Waals surface area contributed by atoms with Crippen molar-refractivity contribution in [2.45, 2.75) is 57.7 Å². The average molecular weight is 508 g/mol. The number of amides is 1. The number of likely N-dealkylation sites (tertiary alicyclic amines) is 1. The fraction of sp³-hybridized carbons (Fsp3) is 0.520. The van der Waals surface area contributed by atoms with E-state index >= 15 is 0 Å². The smallest absolute Gasteiger partial charge is 0.410 e. The number of pyridine rings is 1. The molecule has 34 heavy (non-hydrogen) atoms. The first kappa shape index (κ1) is 24.9. The minimum atomic E-state index is -0.517.